The van der Waals surface area contributed by atoms with Crippen LogP contribution in [0.1, 0.15) is 40.5 Å². The fourth-order valence-corrected chi connectivity index (χ4v) is 0.854. The third-order valence-electron chi connectivity index (χ3n) is 2.02. The number of ketones is 2. The largest absolute Gasteiger partial charge is 0.299 e. The molecule has 12 heavy (non-hydrogen) atoms. The van der Waals surface area contributed by atoms with Crippen LogP contribution >= 0.6 is 0 Å². The Kier molecular flexibility index (Phi) is 4.49. The van der Waals surface area contributed by atoms with Gasteiger partial charge in [-0.15, -0.1) is 0 Å². The van der Waals surface area contributed by atoms with E-state index < -0.39 is 0 Å². The van der Waals surface area contributed by atoms with Gasteiger partial charge in [-0.1, -0.05) is 12.5 Å². The van der Waals surface area contributed by atoms with E-state index >= 15 is 0 Å². The molecule has 0 N–H and O–H groups in total. The summed E-state index contributed by atoms with van der Waals surface area (Å²) >= 11 is 0. The van der Waals surface area contributed by atoms with Crippen LogP contribution in [-0.4, -0.2) is 11.6 Å². The zero-order valence-electron chi connectivity index (χ0n) is 8.23. The molecular weight excluding hydrogens is 152 g/mol. The van der Waals surface area contributed by atoms with Gasteiger partial charge in [0, 0.05) is 12.8 Å². The van der Waals surface area contributed by atoms with Gasteiger partial charge in [-0.2, -0.15) is 0 Å². The Morgan fingerprint density at radius 1 is 1.08 bits per heavy atom. The minimum absolute atomic E-state index is 0.0522. The fraction of sp³-hybridized carbons (Fsp3) is 0.600. The van der Waals surface area contributed by atoms with Gasteiger partial charge in [0.05, 0.1) is 0 Å². The highest BCUT2D eigenvalue weighted by Gasteiger charge is 2.05. The summed E-state index contributed by atoms with van der Waals surface area (Å²) in [5, 5.41) is 0. The maximum Gasteiger partial charge on any atom is 0.155 e. The average Bonchev–Trinajstić information content (AvgIpc) is 2.02. The van der Waals surface area contributed by atoms with Crippen molar-refractivity contribution in [3.63, 3.8) is 0 Å². The molecule has 0 heterocycles. The quantitative estimate of drug-likeness (QED) is 0.603. The zero-order valence-corrected chi connectivity index (χ0v) is 8.23. The van der Waals surface area contributed by atoms with Gasteiger partial charge >= 0.3 is 0 Å². The first-order chi connectivity index (χ1) is 5.49. The Morgan fingerprint density at radius 2 is 1.58 bits per heavy atom. The number of hydrogen-bond donors (Lipinski definition) is 0. The molecule has 0 bridgehead atoms. The SMILES string of the molecule is CCC(=O)C/C(C)=C(/C)C(C)=O. The number of allylic oxidation sites excluding steroid dienone is 2. The van der Waals surface area contributed by atoms with E-state index in [1.54, 1.807) is 6.92 Å². The Balaban J connectivity index is 4.37. The van der Waals surface area contributed by atoms with E-state index in [9.17, 15) is 9.59 Å². The molecule has 0 aliphatic carbocycles. The molecule has 0 amide bonds. The van der Waals surface area contributed by atoms with Crippen molar-refractivity contribution in [3.8, 4) is 0 Å². The molecule has 0 aromatic heterocycles. The monoisotopic (exact) mass is 168 g/mol. The highest BCUT2D eigenvalue weighted by Crippen LogP contribution is 2.09. The van der Waals surface area contributed by atoms with Crippen LogP contribution in [-0.2, 0) is 9.59 Å². The number of hydrogen-bond acceptors (Lipinski definition) is 2. The normalized spacial score (nSPS) is 12.3. The zero-order chi connectivity index (χ0) is 9.72. The number of carbonyl (C=O) groups excluding carboxylic acids is 2. The van der Waals surface area contributed by atoms with Crippen molar-refractivity contribution in [2.24, 2.45) is 0 Å². The van der Waals surface area contributed by atoms with Crippen LogP contribution in [0.25, 0.3) is 0 Å². The summed E-state index contributed by atoms with van der Waals surface area (Å²) in [6.07, 6.45) is 0.963. The lowest BCUT2D eigenvalue weighted by Crippen LogP contribution is -2.01. The van der Waals surface area contributed by atoms with Gasteiger partial charge in [0.25, 0.3) is 0 Å². The third-order valence-corrected chi connectivity index (χ3v) is 2.02. The molecule has 0 unspecified atom stereocenters. The second-order valence-electron chi connectivity index (χ2n) is 3.03. The van der Waals surface area contributed by atoms with Crippen LogP contribution in [0.2, 0.25) is 0 Å². The van der Waals surface area contributed by atoms with Crippen molar-refractivity contribution in [2.45, 2.75) is 40.5 Å². The topological polar surface area (TPSA) is 34.1 Å². The lowest BCUT2D eigenvalue weighted by molar-refractivity contribution is -0.118. The first-order valence-electron chi connectivity index (χ1n) is 4.18. The van der Waals surface area contributed by atoms with Crippen molar-refractivity contribution >= 4 is 11.6 Å². The standard InChI is InChI=1S/C10H16O2/c1-5-10(12)6-7(2)8(3)9(4)11/h5-6H2,1-4H3/b8-7-. The molecule has 0 aromatic rings. The summed E-state index contributed by atoms with van der Waals surface area (Å²) in [6.45, 7) is 6.96. The predicted octanol–water partition coefficient (Wildman–Crippen LogP) is 2.28. The molecule has 0 spiro atoms. The third kappa shape index (κ3) is 3.46. The summed E-state index contributed by atoms with van der Waals surface area (Å²) in [6, 6.07) is 0. The first kappa shape index (κ1) is 11.1. The Hall–Kier alpha value is -0.920. The van der Waals surface area contributed by atoms with Gasteiger partial charge in [0.1, 0.15) is 5.78 Å². The van der Waals surface area contributed by atoms with E-state index in [0.717, 1.165) is 11.1 Å². The Morgan fingerprint density at radius 3 is 1.92 bits per heavy atom. The summed E-state index contributed by atoms with van der Waals surface area (Å²) < 4.78 is 0. The summed E-state index contributed by atoms with van der Waals surface area (Å²) in [4.78, 5) is 21.9. The number of Topliss-reactive ketones (excluding diaryl/α,β-unsaturated/α-hetero) is 2. The minimum Gasteiger partial charge on any atom is -0.299 e. The fourth-order valence-electron chi connectivity index (χ4n) is 0.854. The average molecular weight is 168 g/mol. The van der Waals surface area contributed by atoms with Crippen molar-refractivity contribution in [2.75, 3.05) is 0 Å². The second-order valence-corrected chi connectivity index (χ2v) is 3.03. The molecule has 2 nitrogen and oxygen atoms in total. The van der Waals surface area contributed by atoms with Gasteiger partial charge in [-0.3, -0.25) is 9.59 Å². The van der Waals surface area contributed by atoms with Crippen molar-refractivity contribution in [3.05, 3.63) is 11.1 Å². The van der Waals surface area contributed by atoms with E-state index in [1.807, 2.05) is 13.8 Å². The number of carbonyl (C=O) groups is 2. The van der Waals surface area contributed by atoms with Crippen molar-refractivity contribution in [1.29, 1.82) is 0 Å². The molecule has 0 saturated heterocycles. The molecule has 2 heteroatoms. The first-order valence-corrected chi connectivity index (χ1v) is 4.18. The van der Waals surface area contributed by atoms with Gasteiger partial charge in [0.2, 0.25) is 0 Å². The Labute approximate surface area is 73.7 Å². The van der Waals surface area contributed by atoms with E-state index in [0.29, 0.717) is 12.8 Å². The van der Waals surface area contributed by atoms with Crippen molar-refractivity contribution < 1.29 is 9.59 Å². The van der Waals surface area contributed by atoms with Crippen LogP contribution in [0.4, 0.5) is 0 Å². The smallest absolute Gasteiger partial charge is 0.155 e. The second kappa shape index (κ2) is 4.86. The van der Waals surface area contributed by atoms with Crippen molar-refractivity contribution in [1.82, 2.24) is 0 Å². The van der Waals surface area contributed by atoms with E-state index in [4.69, 9.17) is 0 Å². The van der Waals surface area contributed by atoms with Crippen LogP contribution in [0.5, 0.6) is 0 Å². The van der Waals surface area contributed by atoms with Gasteiger partial charge < -0.3 is 0 Å². The van der Waals surface area contributed by atoms with E-state index in [1.165, 1.54) is 6.92 Å². The predicted molar refractivity (Wildman–Crippen MR) is 49.0 cm³/mol. The highest BCUT2D eigenvalue weighted by molar-refractivity contribution is 5.94. The molecular formula is C10H16O2. The molecule has 0 fully saturated rings. The van der Waals surface area contributed by atoms with Gasteiger partial charge in [0.15, 0.2) is 5.78 Å². The molecule has 0 atom stereocenters. The van der Waals surface area contributed by atoms with Crippen LogP contribution in [0.15, 0.2) is 11.1 Å². The molecule has 0 radical (unpaired) electrons. The Bertz CT molecular complexity index is 224. The van der Waals surface area contributed by atoms with Gasteiger partial charge in [-0.05, 0) is 26.3 Å². The molecule has 0 saturated carbocycles. The highest BCUT2D eigenvalue weighted by atomic mass is 16.1. The summed E-state index contributed by atoms with van der Waals surface area (Å²) in [5.74, 6) is 0.240. The maximum absolute atomic E-state index is 11.0. The van der Waals surface area contributed by atoms with Crippen LogP contribution in [0, 0.1) is 0 Å². The lowest BCUT2D eigenvalue weighted by Gasteiger charge is -2.02. The maximum atomic E-state index is 11.0. The van der Waals surface area contributed by atoms with Crippen LogP contribution < -0.4 is 0 Å². The lowest BCUT2D eigenvalue weighted by atomic mass is 10.0. The summed E-state index contributed by atoms with van der Waals surface area (Å²) in [7, 11) is 0. The molecule has 0 rings (SSSR count). The van der Waals surface area contributed by atoms with Crippen LogP contribution in [0.3, 0.4) is 0 Å². The molecule has 0 aliphatic rings. The molecule has 0 aliphatic heterocycles. The van der Waals surface area contributed by atoms with E-state index in [-0.39, 0.29) is 11.6 Å². The molecule has 68 valence electrons. The van der Waals surface area contributed by atoms with Gasteiger partial charge in [-0.25, -0.2) is 0 Å². The number of rotatable bonds is 4. The minimum atomic E-state index is 0.0522. The molecule has 0 aromatic carbocycles. The van der Waals surface area contributed by atoms with E-state index in [2.05, 4.69) is 0 Å². The summed E-state index contributed by atoms with van der Waals surface area (Å²) in [5.41, 5.74) is 1.62.